The van der Waals surface area contributed by atoms with Gasteiger partial charge in [0.1, 0.15) is 0 Å². The molecule has 0 bridgehead atoms. The lowest BCUT2D eigenvalue weighted by Gasteiger charge is -2.17. The Balaban J connectivity index is 3.06. The molecule has 0 aliphatic heterocycles. The van der Waals surface area contributed by atoms with E-state index in [1.807, 2.05) is 0 Å². The molecule has 0 unspecified atom stereocenters. The molecule has 0 amide bonds. The minimum absolute atomic E-state index is 0.289. The van der Waals surface area contributed by atoms with Crippen LogP contribution in [0.3, 0.4) is 0 Å². The van der Waals surface area contributed by atoms with Crippen LogP contribution in [0.25, 0.3) is 0 Å². The van der Waals surface area contributed by atoms with Crippen LogP contribution in [0.15, 0.2) is 30.3 Å². The molecule has 0 aliphatic carbocycles. The standard InChI is InChI=1S/C7H10N2O3S/c8-6-9(13(10,11)12)7-4-2-1-3-5-7/h1-5H,6,8H2,(H,10,11,12). The van der Waals surface area contributed by atoms with E-state index in [0.717, 1.165) is 0 Å². The van der Waals surface area contributed by atoms with E-state index in [0.29, 0.717) is 9.99 Å². The van der Waals surface area contributed by atoms with Crippen LogP contribution < -0.4 is 10.0 Å². The highest BCUT2D eigenvalue weighted by Gasteiger charge is 2.16. The van der Waals surface area contributed by atoms with E-state index in [4.69, 9.17) is 10.3 Å². The van der Waals surface area contributed by atoms with Gasteiger partial charge in [-0.15, -0.1) is 0 Å². The Morgan fingerprint density at radius 3 is 2.23 bits per heavy atom. The van der Waals surface area contributed by atoms with E-state index >= 15 is 0 Å². The summed E-state index contributed by atoms with van der Waals surface area (Å²) in [6.07, 6.45) is 0. The summed E-state index contributed by atoms with van der Waals surface area (Å²) in [6.45, 7) is -0.289. The van der Waals surface area contributed by atoms with Gasteiger partial charge >= 0.3 is 10.3 Å². The van der Waals surface area contributed by atoms with Gasteiger partial charge in [-0.05, 0) is 12.1 Å². The lowest BCUT2D eigenvalue weighted by atomic mass is 10.3. The summed E-state index contributed by atoms with van der Waals surface area (Å²) < 4.78 is 31.0. The highest BCUT2D eigenvalue weighted by atomic mass is 32.2. The molecule has 0 spiro atoms. The van der Waals surface area contributed by atoms with Crippen LogP contribution in [0.1, 0.15) is 0 Å². The van der Waals surface area contributed by atoms with Crippen LogP contribution in [-0.4, -0.2) is 19.6 Å². The Morgan fingerprint density at radius 2 is 1.85 bits per heavy atom. The molecule has 1 aromatic carbocycles. The van der Waals surface area contributed by atoms with Crippen molar-refractivity contribution >= 4 is 16.0 Å². The largest absolute Gasteiger partial charge is 0.361 e. The summed E-state index contributed by atoms with van der Waals surface area (Å²) in [5.41, 5.74) is 5.52. The van der Waals surface area contributed by atoms with E-state index in [1.165, 1.54) is 0 Å². The Bertz CT molecular complexity index is 363. The molecule has 0 saturated carbocycles. The molecule has 13 heavy (non-hydrogen) atoms. The molecular formula is C7H10N2O3S. The third-order valence-electron chi connectivity index (χ3n) is 1.49. The van der Waals surface area contributed by atoms with Gasteiger partial charge in [0.25, 0.3) is 0 Å². The maximum absolute atomic E-state index is 10.8. The lowest BCUT2D eigenvalue weighted by Crippen LogP contribution is -2.35. The van der Waals surface area contributed by atoms with Crippen molar-refractivity contribution in [1.29, 1.82) is 0 Å². The van der Waals surface area contributed by atoms with Gasteiger partial charge in [-0.1, -0.05) is 18.2 Å². The summed E-state index contributed by atoms with van der Waals surface area (Å²) in [4.78, 5) is 0. The first-order valence-electron chi connectivity index (χ1n) is 3.56. The van der Waals surface area contributed by atoms with E-state index in [1.54, 1.807) is 30.3 Å². The molecule has 5 nitrogen and oxygen atoms in total. The lowest BCUT2D eigenvalue weighted by molar-refractivity contribution is 0.478. The van der Waals surface area contributed by atoms with Crippen molar-refractivity contribution in [3.8, 4) is 0 Å². The van der Waals surface area contributed by atoms with E-state index in [9.17, 15) is 8.42 Å². The molecule has 0 aromatic heterocycles. The molecule has 0 saturated heterocycles. The van der Waals surface area contributed by atoms with Gasteiger partial charge in [0.15, 0.2) is 0 Å². The van der Waals surface area contributed by atoms with E-state index in [-0.39, 0.29) is 6.67 Å². The number of nitrogens with two attached hydrogens (primary N) is 1. The van der Waals surface area contributed by atoms with Gasteiger partial charge in [-0.2, -0.15) is 8.42 Å². The molecule has 3 N–H and O–H groups in total. The van der Waals surface area contributed by atoms with E-state index in [2.05, 4.69) is 0 Å². The molecular weight excluding hydrogens is 192 g/mol. The summed E-state index contributed by atoms with van der Waals surface area (Å²) in [5.74, 6) is 0. The second kappa shape index (κ2) is 3.73. The molecule has 0 atom stereocenters. The number of benzene rings is 1. The van der Waals surface area contributed by atoms with Crippen LogP contribution in [0.5, 0.6) is 0 Å². The van der Waals surface area contributed by atoms with Crippen molar-refractivity contribution < 1.29 is 13.0 Å². The number of hydrogen-bond acceptors (Lipinski definition) is 3. The first kappa shape index (κ1) is 9.97. The fourth-order valence-corrected chi connectivity index (χ4v) is 1.50. The zero-order valence-corrected chi connectivity index (χ0v) is 7.61. The second-order valence-corrected chi connectivity index (χ2v) is 3.68. The number of anilines is 1. The normalized spacial score (nSPS) is 11.2. The number of hydrogen-bond donors (Lipinski definition) is 2. The van der Waals surface area contributed by atoms with Gasteiger partial charge in [-0.3, -0.25) is 4.55 Å². The smallest absolute Gasteiger partial charge is 0.313 e. The fourth-order valence-electron chi connectivity index (χ4n) is 0.927. The molecule has 1 rings (SSSR count). The van der Waals surface area contributed by atoms with Gasteiger partial charge in [0, 0.05) is 0 Å². The summed E-state index contributed by atoms with van der Waals surface area (Å²) >= 11 is 0. The van der Waals surface area contributed by atoms with Crippen molar-refractivity contribution in [2.45, 2.75) is 0 Å². The molecule has 0 fully saturated rings. The minimum Gasteiger partial charge on any atom is -0.313 e. The Labute approximate surface area is 76.7 Å². The number of para-hydroxylation sites is 1. The predicted octanol–water partition coefficient (Wildman–Crippen LogP) is 0.212. The van der Waals surface area contributed by atoms with Crippen molar-refractivity contribution in [3.63, 3.8) is 0 Å². The fraction of sp³-hybridized carbons (Fsp3) is 0.143. The van der Waals surface area contributed by atoms with Crippen LogP contribution in [-0.2, 0) is 10.3 Å². The quantitative estimate of drug-likeness (QED) is 0.542. The zero-order chi connectivity index (χ0) is 9.90. The van der Waals surface area contributed by atoms with Crippen molar-refractivity contribution in [2.24, 2.45) is 5.73 Å². The third kappa shape index (κ3) is 2.41. The van der Waals surface area contributed by atoms with Crippen LogP contribution in [0.4, 0.5) is 5.69 Å². The number of nitrogens with zero attached hydrogens (tertiary/aromatic N) is 1. The maximum atomic E-state index is 10.8. The Hall–Kier alpha value is -1.11. The monoisotopic (exact) mass is 202 g/mol. The summed E-state index contributed by atoms with van der Waals surface area (Å²) in [6, 6.07) is 8.13. The van der Waals surface area contributed by atoms with Crippen LogP contribution in [0.2, 0.25) is 0 Å². The molecule has 0 heterocycles. The van der Waals surface area contributed by atoms with Crippen LogP contribution >= 0.6 is 0 Å². The summed E-state index contributed by atoms with van der Waals surface area (Å²) in [7, 11) is -4.26. The first-order valence-corrected chi connectivity index (χ1v) is 4.95. The van der Waals surface area contributed by atoms with E-state index < -0.39 is 10.3 Å². The molecule has 6 heteroatoms. The maximum Gasteiger partial charge on any atom is 0.361 e. The molecule has 72 valence electrons. The average molecular weight is 202 g/mol. The SMILES string of the molecule is NCN(c1ccccc1)S(=O)(=O)O. The van der Waals surface area contributed by atoms with Crippen LogP contribution in [0, 0.1) is 0 Å². The Kier molecular flexibility index (Phi) is 2.86. The first-order chi connectivity index (χ1) is 6.05. The Morgan fingerprint density at radius 1 is 1.31 bits per heavy atom. The average Bonchev–Trinajstić information content (AvgIpc) is 2.05. The van der Waals surface area contributed by atoms with Crippen molar-refractivity contribution in [2.75, 3.05) is 11.0 Å². The highest BCUT2D eigenvalue weighted by Crippen LogP contribution is 2.14. The van der Waals surface area contributed by atoms with Gasteiger partial charge in [0.2, 0.25) is 0 Å². The zero-order valence-electron chi connectivity index (χ0n) is 6.79. The van der Waals surface area contributed by atoms with Gasteiger partial charge in [0.05, 0.1) is 12.4 Å². The summed E-state index contributed by atoms with van der Waals surface area (Å²) in [5, 5.41) is 0. The van der Waals surface area contributed by atoms with Gasteiger partial charge < -0.3 is 5.73 Å². The minimum atomic E-state index is -4.26. The molecule has 0 radical (unpaired) electrons. The third-order valence-corrected chi connectivity index (χ3v) is 2.41. The van der Waals surface area contributed by atoms with Crippen molar-refractivity contribution in [3.05, 3.63) is 30.3 Å². The molecule has 1 aromatic rings. The predicted molar refractivity (Wildman–Crippen MR) is 49.5 cm³/mol. The molecule has 0 aliphatic rings. The highest BCUT2D eigenvalue weighted by molar-refractivity contribution is 7.87. The van der Waals surface area contributed by atoms with Gasteiger partial charge in [-0.25, -0.2) is 4.31 Å². The number of rotatable bonds is 3. The second-order valence-electron chi connectivity index (χ2n) is 2.34. The van der Waals surface area contributed by atoms with Crippen molar-refractivity contribution in [1.82, 2.24) is 0 Å². The topological polar surface area (TPSA) is 83.6 Å².